The maximum Gasteiger partial charge on any atom is 0.269 e. The number of benzene rings is 1. The van der Waals surface area contributed by atoms with Gasteiger partial charge in [0.15, 0.2) is 0 Å². The Morgan fingerprint density at radius 1 is 1.31 bits per heavy atom. The molecule has 1 aromatic carbocycles. The normalized spacial score (nSPS) is 20.0. The maximum atomic E-state index is 12.6. The SMILES string of the molecule is C[Si]1(C)CCCC(NC(=O)c2cc3sc(-c4ccccc4)nc3[nH]2)NC1. The molecule has 136 valence electrons. The number of H-pyrrole nitrogens is 1. The zero-order chi connectivity index (χ0) is 18.1. The van der Waals surface area contributed by atoms with E-state index < -0.39 is 8.07 Å². The Labute approximate surface area is 158 Å². The molecule has 1 aliphatic rings. The first-order valence-corrected chi connectivity index (χ1v) is 13.3. The topological polar surface area (TPSA) is 69.8 Å². The van der Waals surface area contributed by atoms with E-state index in [9.17, 15) is 4.79 Å². The third-order valence-corrected chi connectivity index (χ3v) is 8.85. The summed E-state index contributed by atoms with van der Waals surface area (Å²) >= 11 is 1.61. The fraction of sp³-hybridized carbons (Fsp3) is 0.368. The zero-order valence-electron chi connectivity index (χ0n) is 15.1. The van der Waals surface area contributed by atoms with Crippen LogP contribution >= 0.6 is 11.3 Å². The summed E-state index contributed by atoms with van der Waals surface area (Å²) in [6, 6.07) is 13.3. The third kappa shape index (κ3) is 3.74. The van der Waals surface area contributed by atoms with Gasteiger partial charge in [-0.25, -0.2) is 4.98 Å². The fourth-order valence-corrected chi connectivity index (χ4v) is 6.48. The maximum absolute atomic E-state index is 12.6. The number of nitrogens with one attached hydrogen (secondary N) is 3. The van der Waals surface area contributed by atoms with Gasteiger partial charge in [0.1, 0.15) is 16.3 Å². The number of aromatic amines is 1. The van der Waals surface area contributed by atoms with Crippen molar-refractivity contribution in [1.29, 1.82) is 0 Å². The first-order chi connectivity index (χ1) is 12.5. The Bertz CT molecular complexity index is 887. The van der Waals surface area contributed by atoms with Gasteiger partial charge < -0.3 is 15.6 Å². The second-order valence-corrected chi connectivity index (χ2v) is 14.0. The minimum Gasteiger partial charge on any atom is -0.335 e. The number of thiazole rings is 1. The quantitative estimate of drug-likeness (QED) is 0.598. The summed E-state index contributed by atoms with van der Waals surface area (Å²) in [5.41, 5.74) is 2.46. The van der Waals surface area contributed by atoms with E-state index in [0.29, 0.717) is 5.69 Å². The summed E-state index contributed by atoms with van der Waals surface area (Å²) in [6.07, 6.45) is 3.29. The molecule has 1 unspecified atom stereocenters. The van der Waals surface area contributed by atoms with Crippen LogP contribution in [0.3, 0.4) is 0 Å². The number of amides is 1. The van der Waals surface area contributed by atoms with Gasteiger partial charge in [-0.2, -0.15) is 0 Å². The van der Waals surface area contributed by atoms with Crippen molar-refractivity contribution in [3.05, 3.63) is 42.1 Å². The average molecular weight is 385 g/mol. The van der Waals surface area contributed by atoms with E-state index in [0.717, 1.165) is 33.5 Å². The Kier molecular flexibility index (Phi) is 4.68. The van der Waals surface area contributed by atoms with Crippen LogP contribution < -0.4 is 10.6 Å². The van der Waals surface area contributed by atoms with Crippen molar-refractivity contribution in [1.82, 2.24) is 20.6 Å². The molecule has 3 aromatic rings. The van der Waals surface area contributed by atoms with E-state index in [2.05, 4.69) is 33.7 Å². The van der Waals surface area contributed by atoms with E-state index >= 15 is 0 Å². The molecular formula is C19H24N4OSSi. The van der Waals surface area contributed by atoms with Crippen molar-refractivity contribution in [3.63, 3.8) is 0 Å². The number of fused-ring (bicyclic) bond motifs is 1. The van der Waals surface area contributed by atoms with Gasteiger partial charge >= 0.3 is 0 Å². The van der Waals surface area contributed by atoms with Crippen molar-refractivity contribution in [3.8, 4) is 10.6 Å². The Hall–Kier alpha value is -1.96. The van der Waals surface area contributed by atoms with E-state index in [1.54, 1.807) is 11.3 Å². The summed E-state index contributed by atoms with van der Waals surface area (Å²) in [4.78, 5) is 20.4. The van der Waals surface area contributed by atoms with Crippen molar-refractivity contribution in [2.24, 2.45) is 0 Å². The number of rotatable bonds is 3. The second kappa shape index (κ2) is 6.98. The van der Waals surface area contributed by atoms with E-state index in [4.69, 9.17) is 0 Å². The largest absolute Gasteiger partial charge is 0.335 e. The lowest BCUT2D eigenvalue weighted by atomic mass is 10.2. The molecule has 0 bridgehead atoms. The molecule has 0 saturated carbocycles. The van der Waals surface area contributed by atoms with Crippen LogP contribution in [0.1, 0.15) is 23.3 Å². The Morgan fingerprint density at radius 2 is 2.12 bits per heavy atom. The van der Waals surface area contributed by atoms with E-state index in [-0.39, 0.29) is 12.1 Å². The number of nitrogens with zero attached hydrogens (tertiary/aromatic N) is 1. The van der Waals surface area contributed by atoms with Crippen molar-refractivity contribution >= 4 is 35.7 Å². The summed E-state index contributed by atoms with van der Waals surface area (Å²) in [5, 5.41) is 7.63. The first kappa shape index (κ1) is 17.5. The molecule has 3 heterocycles. The van der Waals surface area contributed by atoms with Gasteiger partial charge in [0.2, 0.25) is 0 Å². The highest BCUT2D eigenvalue weighted by Crippen LogP contribution is 2.30. The van der Waals surface area contributed by atoms with Crippen LogP contribution in [-0.4, -0.2) is 36.3 Å². The van der Waals surface area contributed by atoms with Gasteiger partial charge in [-0.15, -0.1) is 11.3 Å². The van der Waals surface area contributed by atoms with E-state index in [1.807, 2.05) is 36.4 Å². The number of carbonyl (C=O) groups excluding carboxylic acids is 1. The van der Waals surface area contributed by atoms with Crippen LogP contribution in [0.4, 0.5) is 0 Å². The molecule has 2 aromatic heterocycles. The molecule has 1 amide bonds. The molecule has 1 saturated heterocycles. The van der Waals surface area contributed by atoms with Gasteiger partial charge in [0.25, 0.3) is 5.91 Å². The standard InChI is InChI=1S/C19H24N4OSSi/c1-26(2)10-6-9-16(20-12-26)22-18(24)14-11-15-17(21-14)23-19(25-15)13-7-4-3-5-8-13/h3-5,7-8,11,16,20-21H,6,9-10,12H2,1-2H3,(H,22,24). The third-order valence-electron chi connectivity index (χ3n) is 4.93. The van der Waals surface area contributed by atoms with Gasteiger partial charge in [-0.1, -0.05) is 55.9 Å². The summed E-state index contributed by atoms with van der Waals surface area (Å²) in [5.74, 6) is -0.0599. The number of carbonyl (C=O) groups is 1. The highest BCUT2D eigenvalue weighted by atomic mass is 32.1. The molecule has 4 rings (SSSR count). The van der Waals surface area contributed by atoms with Crippen LogP contribution in [0.15, 0.2) is 36.4 Å². The molecule has 1 atom stereocenters. The average Bonchev–Trinajstić information content (AvgIpc) is 3.14. The molecule has 1 aliphatic heterocycles. The van der Waals surface area contributed by atoms with Crippen molar-refractivity contribution < 1.29 is 4.79 Å². The molecule has 3 N–H and O–H groups in total. The molecule has 26 heavy (non-hydrogen) atoms. The lowest BCUT2D eigenvalue weighted by Crippen LogP contribution is -2.49. The predicted molar refractivity (Wildman–Crippen MR) is 110 cm³/mol. The number of hydrogen-bond acceptors (Lipinski definition) is 4. The lowest BCUT2D eigenvalue weighted by Gasteiger charge is -2.21. The molecule has 0 aliphatic carbocycles. The smallest absolute Gasteiger partial charge is 0.269 e. The summed E-state index contributed by atoms with van der Waals surface area (Å²) < 4.78 is 1.01. The number of aromatic nitrogens is 2. The van der Waals surface area contributed by atoms with Gasteiger partial charge in [-0.3, -0.25) is 4.79 Å². The Morgan fingerprint density at radius 3 is 2.88 bits per heavy atom. The zero-order valence-corrected chi connectivity index (χ0v) is 17.0. The monoisotopic (exact) mass is 384 g/mol. The van der Waals surface area contributed by atoms with Crippen LogP contribution in [-0.2, 0) is 0 Å². The second-order valence-electron chi connectivity index (χ2n) is 7.74. The van der Waals surface area contributed by atoms with Gasteiger partial charge in [0.05, 0.1) is 18.9 Å². The lowest BCUT2D eigenvalue weighted by molar-refractivity contribution is 0.0924. The number of hydrogen-bond donors (Lipinski definition) is 3. The van der Waals surface area contributed by atoms with Crippen LogP contribution in [0.25, 0.3) is 20.9 Å². The van der Waals surface area contributed by atoms with Gasteiger partial charge in [-0.05, 0) is 18.7 Å². The molecule has 7 heteroatoms. The molecule has 5 nitrogen and oxygen atoms in total. The minimum atomic E-state index is -1.15. The first-order valence-electron chi connectivity index (χ1n) is 9.09. The highest BCUT2D eigenvalue weighted by Gasteiger charge is 2.26. The molecule has 0 spiro atoms. The molecule has 0 radical (unpaired) electrons. The Balaban J connectivity index is 1.47. The van der Waals surface area contributed by atoms with Crippen LogP contribution in [0, 0.1) is 0 Å². The van der Waals surface area contributed by atoms with Crippen molar-refractivity contribution in [2.75, 3.05) is 6.17 Å². The predicted octanol–water partition coefficient (Wildman–Crippen LogP) is 3.98. The minimum absolute atomic E-state index is 0.0599. The van der Waals surface area contributed by atoms with E-state index in [1.165, 1.54) is 12.5 Å². The van der Waals surface area contributed by atoms with Crippen molar-refractivity contribution in [2.45, 2.75) is 38.1 Å². The van der Waals surface area contributed by atoms with Crippen LogP contribution in [0.2, 0.25) is 19.1 Å². The molecular weight excluding hydrogens is 360 g/mol. The summed E-state index contributed by atoms with van der Waals surface area (Å²) in [7, 11) is -1.15. The fourth-order valence-electron chi connectivity index (χ4n) is 3.37. The van der Waals surface area contributed by atoms with Crippen LogP contribution in [0.5, 0.6) is 0 Å². The molecule has 1 fully saturated rings. The van der Waals surface area contributed by atoms with Gasteiger partial charge in [0, 0.05) is 5.56 Å². The highest BCUT2D eigenvalue weighted by molar-refractivity contribution is 7.21. The summed E-state index contributed by atoms with van der Waals surface area (Å²) in [6.45, 7) is 4.80.